The monoisotopic (exact) mass is 250 g/mol. The first kappa shape index (κ1) is 12.8. The lowest BCUT2D eigenvalue weighted by molar-refractivity contribution is 0.0302. The molecule has 6 heteroatoms. The van der Waals surface area contributed by atoms with Gasteiger partial charge in [0.1, 0.15) is 0 Å². The Morgan fingerprint density at radius 1 is 1.39 bits per heavy atom. The highest BCUT2D eigenvalue weighted by Crippen LogP contribution is 2.07. The number of aromatic nitrogens is 2. The number of carbonyl (C=O) groups is 1. The van der Waals surface area contributed by atoms with Gasteiger partial charge in [-0.1, -0.05) is 6.92 Å². The van der Waals surface area contributed by atoms with E-state index in [2.05, 4.69) is 22.2 Å². The number of nitrogens with zero attached hydrogens (tertiary/aromatic N) is 3. The molecular formula is C12H18N4O2. The zero-order valence-electron chi connectivity index (χ0n) is 10.6. The van der Waals surface area contributed by atoms with Gasteiger partial charge in [0, 0.05) is 32.0 Å². The van der Waals surface area contributed by atoms with Gasteiger partial charge in [0.15, 0.2) is 0 Å². The maximum Gasteiger partial charge on any atom is 0.257 e. The second-order valence-electron chi connectivity index (χ2n) is 4.13. The van der Waals surface area contributed by atoms with Gasteiger partial charge in [0.2, 0.25) is 5.95 Å². The van der Waals surface area contributed by atoms with Gasteiger partial charge in [0.25, 0.3) is 5.91 Å². The summed E-state index contributed by atoms with van der Waals surface area (Å²) in [5, 5.41) is 3.07. The average molecular weight is 250 g/mol. The minimum absolute atomic E-state index is 0.0275. The molecule has 1 aliphatic rings. The van der Waals surface area contributed by atoms with Crippen molar-refractivity contribution in [3.8, 4) is 0 Å². The van der Waals surface area contributed by atoms with Crippen LogP contribution in [0.3, 0.4) is 0 Å². The summed E-state index contributed by atoms with van der Waals surface area (Å²) in [6.07, 6.45) is 4.16. The largest absolute Gasteiger partial charge is 0.378 e. The zero-order valence-corrected chi connectivity index (χ0v) is 10.6. The van der Waals surface area contributed by atoms with Gasteiger partial charge in [-0.05, 0) is 6.42 Å². The summed E-state index contributed by atoms with van der Waals surface area (Å²) in [6.45, 7) is 5.37. The number of morpholine rings is 1. The van der Waals surface area contributed by atoms with E-state index >= 15 is 0 Å². The molecule has 0 saturated carbocycles. The smallest absolute Gasteiger partial charge is 0.257 e. The van der Waals surface area contributed by atoms with E-state index < -0.39 is 0 Å². The van der Waals surface area contributed by atoms with E-state index in [1.54, 1.807) is 17.3 Å². The van der Waals surface area contributed by atoms with Crippen LogP contribution in [0.2, 0.25) is 0 Å². The predicted octanol–water partition coefficient (Wildman–Crippen LogP) is 0.771. The van der Waals surface area contributed by atoms with Crippen molar-refractivity contribution in [2.45, 2.75) is 13.3 Å². The Morgan fingerprint density at radius 2 is 2.06 bits per heavy atom. The number of anilines is 1. The summed E-state index contributed by atoms with van der Waals surface area (Å²) < 4.78 is 5.21. The maximum atomic E-state index is 12.1. The minimum Gasteiger partial charge on any atom is -0.378 e. The summed E-state index contributed by atoms with van der Waals surface area (Å²) in [5.41, 5.74) is 0.527. The third kappa shape index (κ3) is 3.16. The Balaban J connectivity index is 1.97. The molecule has 0 bridgehead atoms. The molecule has 0 radical (unpaired) electrons. The first-order chi connectivity index (χ1) is 8.81. The van der Waals surface area contributed by atoms with Crippen LogP contribution in [0.4, 0.5) is 5.95 Å². The fraction of sp³-hybridized carbons (Fsp3) is 0.583. The second-order valence-corrected chi connectivity index (χ2v) is 4.13. The van der Waals surface area contributed by atoms with Crippen LogP contribution in [-0.2, 0) is 4.74 Å². The summed E-state index contributed by atoms with van der Waals surface area (Å²) in [4.78, 5) is 22.1. The van der Waals surface area contributed by atoms with E-state index in [0.29, 0.717) is 37.8 Å². The van der Waals surface area contributed by atoms with E-state index in [1.807, 2.05) is 0 Å². The number of carbonyl (C=O) groups excluding carboxylic acids is 1. The van der Waals surface area contributed by atoms with Crippen LogP contribution < -0.4 is 5.32 Å². The average Bonchev–Trinajstić information content (AvgIpc) is 2.46. The van der Waals surface area contributed by atoms with Crippen LogP contribution in [0.25, 0.3) is 0 Å². The molecule has 0 atom stereocenters. The van der Waals surface area contributed by atoms with Crippen molar-refractivity contribution < 1.29 is 9.53 Å². The predicted molar refractivity (Wildman–Crippen MR) is 67.5 cm³/mol. The van der Waals surface area contributed by atoms with Gasteiger partial charge >= 0.3 is 0 Å². The lowest BCUT2D eigenvalue weighted by atomic mass is 10.3. The van der Waals surface area contributed by atoms with E-state index in [0.717, 1.165) is 13.0 Å². The molecule has 2 rings (SSSR count). The fourth-order valence-corrected chi connectivity index (χ4v) is 1.72. The highest BCUT2D eigenvalue weighted by molar-refractivity contribution is 5.93. The van der Waals surface area contributed by atoms with Crippen molar-refractivity contribution in [1.82, 2.24) is 14.9 Å². The van der Waals surface area contributed by atoms with Crippen LogP contribution >= 0.6 is 0 Å². The van der Waals surface area contributed by atoms with Crippen LogP contribution in [0, 0.1) is 0 Å². The summed E-state index contributed by atoms with van der Waals surface area (Å²) in [7, 11) is 0. The Hall–Kier alpha value is -1.69. The molecule has 1 amide bonds. The molecule has 0 unspecified atom stereocenters. The molecule has 98 valence electrons. The van der Waals surface area contributed by atoms with Crippen molar-refractivity contribution in [1.29, 1.82) is 0 Å². The molecule has 18 heavy (non-hydrogen) atoms. The van der Waals surface area contributed by atoms with E-state index in [-0.39, 0.29) is 5.91 Å². The Labute approximate surface area is 106 Å². The molecule has 1 fully saturated rings. The number of ether oxygens (including phenoxy) is 1. The molecule has 1 aromatic rings. The highest BCUT2D eigenvalue weighted by atomic mass is 16.5. The van der Waals surface area contributed by atoms with Gasteiger partial charge < -0.3 is 15.0 Å². The highest BCUT2D eigenvalue weighted by Gasteiger charge is 2.18. The SMILES string of the molecule is CCCNc1ncc(C(=O)N2CCOCC2)cn1. The van der Waals surface area contributed by atoms with Crippen LogP contribution in [0.5, 0.6) is 0 Å². The molecule has 1 saturated heterocycles. The van der Waals surface area contributed by atoms with Crippen molar-refractivity contribution in [2.75, 3.05) is 38.2 Å². The van der Waals surface area contributed by atoms with E-state index in [1.165, 1.54) is 0 Å². The third-order valence-electron chi connectivity index (χ3n) is 2.73. The molecule has 0 aromatic carbocycles. The van der Waals surface area contributed by atoms with Crippen molar-refractivity contribution in [3.05, 3.63) is 18.0 Å². The quantitative estimate of drug-likeness (QED) is 0.855. The Bertz CT molecular complexity index is 388. The Kier molecular flexibility index (Phi) is 4.46. The van der Waals surface area contributed by atoms with Crippen LogP contribution in [0.15, 0.2) is 12.4 Å². The van der Waals surface area contributed by atoms with E-state index in [9.17, 15) is 4.79 Å². The molecule has 1 aliphatic heterocycles. The zero-order chi connectivity index (χ0) is 12.8. The molecule has 2 heterocycles. The van der Waals surface area contributed by atoms with Crippen molar-refractivity contribution in [3.63, 3.8) is 0 Å². The number of nitrogens with one attached hydrogen (secondary N) is 1. The molecule has 6 nitrogen and oxygen atoms in total. The third-order valence-corrected chi connectivity index (χ3v) is 2.73. The van der Waals surface area contributed by atoms with Gasteiger partial charge in [-0.15, -0.1) is 0 Å². The molecular weight excluding hydrogens is 232 g/mol. The van der Waals surface area contributed by atoms with E-state index in [4.69, 9.17) is 4.74 Å². The summed E-state index contributed by atoms with van der Waals surface area (Å²) in [6, 6.07) is 0. The summed E-state index contributed by atoms with van der Waals surface area (Å²) in [5.74, 6) is 0.538. The lowest BCUT2D eigenvalue weighted by Crippen LogP contribution is -2.40. The lowest BCUT2D eigenvalue weighted by Gasteiger charge is -2.26. The Morgan fingerprint density at radius 3 is 2.67 bits per heavy atom. The normalized spacial score (nSPS) is 15.5. The molecule has 0 aliphatic carbocycles. The topological polar surface area (TPSA) is 67.4 Å². The van der Waals surface area contributed by atoms with Crippen LogP contribution in [-0.4, -0.2) is 53.6 Å². The molecule has 1 aromatic heterocycles. The van der Waals surface area contributed by atoms with Crippen molar-refractivity contribution in [2.24, 2.45) is 0 Å². The standard InChI is InChI=1S/C12H18N4O2/c1-2-3-13-12-14-8-10(9-15-12)11(17)16-4-6-18-7-5-16/h8-9H,2-7H2,1H3,(H,13,14,15). The van der Waals surface area contributed by atoms with Gasteiger partial charge in [0.05, 0.1) is 18.8 Å². The van der Waals surface area contributed by atoms with Gasteiger partial charge in [-0.3, -0.25) is 4.79 Å². The first-order valence-corrected chi connectivity index (χ1v) is 6.24. The fourth-order valence-electron chi connectivity index (χ4n) is 1.72. The maximum absolute atomic E-state index is 12.1. The number of hydrogen-bond acceptors (Lipinski definition) is 5. The number of amides is 1. The van der Waals surface area contributed by atoms with Gasteiger partial charge in [-0.25, -0.2) is 9.97 Å². The number of hydrogen-bond donors (Lipinski definition) is 1. The molecule has 0 spiro atoms. The number of rotatable bonds is 4. The van der Waals surface area contributed by atoms with Crippen LogP contribution in [0.1, 0.15) is 23.7 Å². The second kappa shape index (κ2) is 6.30. The van der Waals surface area contributed by atoms with Gasteiger partial charge in [-0.2, -0.15) is 0 Å². The minimum atomic E-state index is -0.0275. The van der Waals surface area contributed by atoms with Crippen molar-refractivity contribution >= 4 is 11.9 Å². The molecule has 1 N–H and O–H groups in total. The summed E-state index contributed by atoms with van der Waals surface area (Å²) >= 11 is 0. The first-order valence-electron chi connectivity index (χ1n) is 6.24.